The number of unbranched alkanes of at least 4 members (excludes halogenated alkanes) is 25. The van der Waals surface area contributed by atoms with Crippen molar-refractivity contribution in [2.45, 2.75) is 212 Å². The zero-order chi connectivity index (χ0) is 27.8. The molecule has 0 rings (SSSR count). The van der Waals surface area contributed by atoms with E-state index in [2.05, 4.69) is 26.0 Å². The van der Waals surface area contributed by atoms with E-state index in [0.717, 1.165) is 25.7 Å². The van der Waals surface area contributed by atoms with Gasteiger partial charge in [0, 0.05) is 0 Å². The predicted octanol–water partition coefficient (Wildman–Crippen LogP) is 13.3. The van der Waals surface area contributed by atoms with Gasteiger partial charge in [-0.25, -0.2) is 0 Å². The highest BCUT2D eigenvalue weighted by Crippen LogP contribution is 2.25. The molecule has 0 radical (unpaired) electrons. The van der Waals surface area contributed by atoms with E-state index in [1.165, 1.54) is 167 Å². The van der Waals surface area contributed by atoms with Gasteiger partial charge in [-0.3, -0.25) is 0 Å². The molecule has 1 nitrogen and oxygen atoms in total. The fourth-order valence-corrected chi connectivity index (χ4v) is 5.88. The maximum absolute atomic E-state index is 10.9. The van der Waals surface area contributed by atoms with E-state index in [9.17, 15) is 5.11 Å². The molecule has 1 atom stereocenters. The molecule has 0 saturated carbocycles. The minimum Gasteiger partial charge on any atom is -0.389 e. The number of hydrogen-bond acceptors (Lipinski definition) is 1. The van der Waals surface area contributed by atoms with Crippen molar-refractivity contribution in [2.75, 3.05) is 5.88 Å². The van der Waals surface area contributed by atoms with Crippen molar-refractivity contribution in [1.29, 1.82) is 0 Å². The Morgan fingerprint density at radius 2 is 0.684 bits per heavy atom. The van der Waals surface area contributed by atoms with Gasteiger partial charge in [-0.2, -0.15) is 0 Å². The third-order valence-corrected chi connectivity index (χ3v) is 8.90. The van der Waals surface area contributed by atoms with E-state index in [1.807, 2.05) is 0 Å². The van der Waals surface area contributed by atoms with E-state index in [-0.39, 0.29) is 0 Å². The van der Waals surface area contributed by atoms with Crippen molar-refractivity contribution in [3.05, 3.63) is 12.2 Å². The number of allylic oxidation sites excluding steroid dienone is 2. The lowest BCUT2D eigenvalue weighted by molar-refractivity contribution is 0.0401. The molecule has 0 fully saturated rings. The molecule has 0 aliphatic heterocycles. The number of rotatable bonds is 32. The lowest BCUT2D eigenvalue weighted by Crippen LogP contribution is -2.30. The third-order valence-electron chi connectivity index (χ3n) is 8.40. The Balaban J connectivity index is 3.44. The predicted molar refractivity (Wildman–Crippen MR) is 175 cm³/mol. The molecule has 0 saturated heterocycles. The van der Waals surface area contributed by atoms with Crippen LogP contribution in [-0.4, -0.2) is 16.6 Å². The van der Waals surface area contributed by atoms with Crippen LogP contribution in [0.15, 0.2) is 12.2 Å². The highest BCUT2D eigenvalue weighted by molar-refractivity contribution is 6.18. The Bertz CT molecular complexity index is 462. The Labute approximate surface area is 246 Å². The molecule has 0 aromatic carbocycles. The summed E-state index contributed by atoms with van der Waals surface area (Å²) in [6.45, 7) is 4.57. The summed E-state index contributed by atoms with van der Waals surface area (Å²) in [6.07, 6.45) is 44.4. The molecular formula is C36H71ClO. The molecule has 0 spiro atoms. The summed E-state index contributed by atoms with van der Waals surface area (Å²) < 4.78 is 0. The first-order valence-electron chi connectivity index (χ1n) is 17.6. The smallest absolute Gasteiger partial charge is 0.0782 e. The average molecular weight is 555 g/mol. The van der Waals surface area contributed by atoms with Gasteiger partial charge in [0.1, 0.15) is 0 Å². The van der Waals surface area contributed by atoms with Gasteiger partial charge in [0.2, 0.25) is 0 Å². The molecule has 1 N–H and O–H groups in total. The SMILES string of the molecule is CCCCCCCC/C=C\CCCCCCCCC(O)(CCl)CCCCCCCCCCCCCCCC. The number of aliphatic hydroxyl groups is 1. The first-order chi connectivity index (χ1) is 18.7. The van der Waals surface area contributed by atoms with E-state index in [0.29, 0.717) is 5.88 Å². The maximum atomic E-state index is 10.9. The standard InChI is InChI=1S/C36H71ClO/c1-3-5-7-9-11-13-15-17-19-20-22-24-26-28-30-32-34-36(38,35-37)33-31-29-27-25-23-21-18-16-14-12-10-8-6-4-2/h17,19,38H,3-16,18,20-35H2,1-2H3/b19-17-. The van der Waals surface area contributed by atoms with Gasteiger partial charge >= 0.3 is 0 Å². The van der Waals surface area contributed by atoms with Crippen molar-refractivity contribution in [2.24, 2.45) is 0 Å². The van der Waals surface area contributed by atoms with Gasteiger partial charge in [-0.05, 0) is 38.5 Å². The van der Waals surface area contributed by atoms with Crippen molar-refractivity contribution < 1.29 is 5.11 Å². The normalized spacial score (nSPS) is 13.5. The number of halogens is 1. The van der Waals surface area contributed by atoms with Crippen molar-refractivity contribution >= 4 is 11.6 Å². The second kappa shape index (κ2) is 31.5. The van der Waals surface area contributed by atoms with Crippen LogP contribution in [0.4, 0.5) is 0 Å². The van der Waals surface area contributed by atoms with Gasteiger partial charge in [-0.1, -0.05) is 180 Å². The van der Waals surface area contributed by atoms with Crippen LogP contribution in [0.1, 0.15) is 206 Å². The highest BCUT2D eigenvalue weighted by atomic mass is 35.5. The summed E-state index contributed by atoms with van der Waals surface area (Å²) in [4.78, 5) is 0. The molecule has 38 heavy (non-hydrogen) atoms. The summed E-state index contributed by atoms with van der Waals surface area (Å²) >= 11 is 6.18. The van der Waals surface area contributed by atoms with Crippen LogP contribution in [0, 0.1) is 0 Å². The molecule has 0 aromatic heterocycles. The van der Waals surface area contributed by atoms with Crippen LogP contribution in [0.2, 0.25) is 0 Å². The van der Waals surface area contributed by atoms with Crippen molar-refractivity contribution in [1.82, 2.24) is 0 Å². The Morgan fingerprint density at radius 3 is 0.974 bits per heavy atom. The molecule has 2 heteroatoms. The highest BCUT2D eigenvalue weighted by Gasteiger charge is 2.24. The van der Waals surface area contributed by atoms with Gasteiger partial charge in [0.05, 0.1) is 11.5 Å². The van der Waals surface area contributed by atoms with Gasteiger partial charge in [0.25, 0.3) is 0 Å². The minimum absolute atomic E-state index is 0.399. The quantitative estimate of drug-likeness (QED) is 0.0497. The molecule has 228 valence electrons. The first kappa shape index (κ1) is 38.0. The lowest BCUT2D eigenvalue weighted by Gasteiger charge is -2.25. The van der Waals surface area contributed by atoms with Crippen LogP contribution >= 0.6 is 11.6 Å². The van der Waals surface area contributed by atoms with Gasteiger partial charge in [0.15, 0.2) is 0 Å². The van der Waals surface area contributed by atoms with E-state index in [1.54, 1.807) is 0 Å². The second-order valence-corrected chi connectivity index (χ2v) is 12.7. The van der Waals surface area contributed by atoms with Crippen LogP contribution in [0.3, 0.4) is 0 Å². The van der Waals surface area contributed by atoms with Gasteiger partial charge < -0.3 is 5.11 Å². The third kappa shape index (κ3) is 29.0. The van der Waals surface area contributed by atoms with E-state index >= 15 is 0 Å². The summed E-state index contributed by atoms with van der Waals surface area (Å²) in [7, 11) is 0. The Morgan fingerprint density at radius 1 is 0.421 bits per heavy atom. The minimum atomic E-state index is -0.626. The van der Waals surface area contributed by atoms with Crippen molar-refractivity contribution in [3.63, 3.8) is 0 Å². The fraction of sp³-hybridized carbons (Fsp3) is 0.944. The number of alkyl halides is 1. The van der Waals surface area contributed by atoms with E-state index in [4.69, 9.17) is 11.6 Å². The van der Waals surface area contributed by atoms with Gasteiger partial charge in [-0.15, -0.1) is 11.6 Å². The number of hydrogen-bond donors (Lipinski definition) is 1. The zero-order valence-electron chi connectivity index (χ0n) is 26.4. The summed E-state index contributed by atoms with van der Waals surface area (Å²) in [6, 6.07) is 0. The molecular weight excluding hydrogens is 484 g/mol. The maximum Gasteiger partial charge on any atom is 0.0782 e. The summed E-state index contributed by atoms with van der Waals surface area (Å²) in [5.41, 5.74) is -0.626. The Kier molecular flexibility index (Phi) is 31.5. The molecule has 0 heterocycles. The van der Waals surface area contributed by atoms with Crippen LogP contribution in [0.5, 0.6) is 0 Å². The molecule has 0 aromatic rings. The average Bonchev–Trinajstić information content (AvgIpc) is 2.93. The first-order valence-corrected chi connectivity index (χ1v) is 18.2. The molecule has 1 unspecified atom stereocenters. The second-order valence-electron chi connectivity index (χ2n) is 12.4. The molecule has 0 bridgehead atoms. The largest absolute Gasteiger partial charge is 0.389 e. The Hall–Kier alpha value is -0.0100. The topological polar surface area (TPSA) is 20.2 Å². The van der Waals surface area contributed by atoms with Crippen LogP contribution in [0.25, 0.3) is 0 Å². The summed E-state index contributed by atoms with van der Waals surface area (Å²) in [5, 5.41) is 10.9. The molecule has 0 amide bonds. The molecule has 0 aliphatic carbocycles. The summed E-state index contributed by atoms with van der Waals surface area (Å²) in [5.74, 6) is 0.399. The van der Waals surface area contributed by atoms with E-state index < -0.39 is 5.60 Å². The van der Waals surface area contributed by atoms with Crippen molar-refractivity contribution in [3.8, 4) is 0 Å². The van der Waals surface area contributed by atoms with Crippen LogP contribution in [-0.2, 0) is 0 Å². The fourth-order valence-electron chi connectivity index (χ4n) is 5.61. The lowest BCUT2D eigenvalue weighted by atomic mass is 9.91. The zero-order valence-corrected chi connectivity index (χ0v) is 27.2. The van der Waals surface area contributed by atoms with Crippen LogP contribution < -0.4 is 0 Å². The molecule has 0 aliphatic rings. The monoisotopic (exact) mass is 555 g/mol.